The summed E-state index contributed by atoms with van der Waals surface area (Å²) < 4.78 is 10.4. The number of pyridine rings is 1. The van der Waals surface area contributed by atoms with E-state index in [1.807, 2.05) is 17.5 Å². The van der Waals surface area contributed by atoms with Crippen molar-refractivity contribution in [2.45, 2.75) is 6.92 Å². The molecule has 26 heavy (non-hydrogen) atoms. The molecule has 4 rings (SSSR count). The molecule has 128 valence electrons. The lowest BCUT2D eigenvalue weighted by Gasteiger charge is -2.03. The summed E-state index contributed by atoms with van der Waals surface area (Å²) in [5.74, 6) is -0.109. The first-order chi connectivity index (χ1) is 12.6. The maximum absolute atomic E-state index is 12.4. The van der Waals surface area contributed by atoms with Crippen molar-refractivity contribution >= 4 is 28.3 Å². The van der Waals surface area contributed by atoms with Gasteiger partial charge in [0, 0.05) is 41.7 Å². The minimum atomic E-state index is -0.500. The number of aromatic nitrogens is 2. The Morgan fingerprint density at radius 2 is 2.12 bits per heavy atom. The molecule has 0 spiro atoms. The third-order valence-electron chi connectivity index (χ3n) is 3.66. The highest BCUT2D eigenvalue weighted by Crippen LogP contribution is 2.29. The molecule has 0 aliphatic heterocycles. The van der Waals surface area contributed by atoms with Gasteiger partial charge in [0.15, 0.2) is 0 Å². The number of fused-ring (bicyclic) bond motifs is 1. The molecule has 3 heterocycles. The highest BCUT2D eigenvalue weighted by Gasteiger charge is 2.13. The summed E-state index contributed by atoms with van der Waals surface area (Å²) in [6, 6.07) is 10.4. The highest BCUT2D eigenvalue weighted by molar-refractivity contribution is 7.13. The van der Waals surface area contributed by atoms with E-state index in [9.17, 15) is 9.59 Å². The van der Waals surface area contributed by atoms with Crippen LogP contribution >= 0.6 is 11.3 Å². The van der Waals surface area contributed by atoms with E-state index < -0.39 is 11.6 Å². The van der Waals surface area contributed by atoms with Crippen molar-refractivity contribution in [2.24, 2.45) is 0 Å². The number of thiazole rings is 1. The molecular formula is C19H12N2O4S. The lowest BCUT2D eigenvalue weighted by Crippen LogP contribution is -2.04. The molecule has 0 saturated carbocycles. The maximum Gasteiger partial charge on any atom is 0.345 e. The van der Waals surface area contributed by atoms with E-state index in [2.05, 4.69) is 9.97 Å². The van der Waals surface area contributed by atoms with Crippen molar-refractivity contribution in [3.05, 3.63) is 64.6 Å². The number of hydrogen-bond donors (Lipinski definition) is 0. The zero-order valence-corrected chi connectivity index (χ0v) is 14.4. The van der Waals surface area contributed by atoms with Gasteiger partial charge in [-0.3, -0.25) is 9.78 Å². The van der Waals surface area contributed by atoms with E-state index >= 15 is 0 Å². The summed E-state index contributed by atoms with van der Waals surface area (Å²) in [6.45, 7) is 1.31. The molecule has 6 nitrogen and oxygen atoms in total. The van der Waals surface area contributed by atoms with Crippen LogP contribution in [0.4, 0.5) is 0 Å². The first-order valence-corrected chi connectivity index (χ1v) is 8.61. The van der Waals surface area contributed by atoms with E-state index in [4.69, 9.17) is 9.15 Å². The fraction of sp³-hybridized carbons (Fsp3) is 0.0526. The summed E-state index contributed by atoms with van der Waals surface area (Å²) in [7, 11) is 0. The zero-order chi connectivity index (χ0) is 18.1. The molecule has 0 atom stereocenters. The number of hydrogen-bond acceptors (Lipinski definition) is 7. The van der Waals surface area contributed by atoms with Crippen LogP contribution in [0.25, 0.3) is 32.8 Å². The number of benzene rings is 1. The summed E-state index contributed by atoms with van der Waals surface area (Å²) in [6.07, 6.45) is 3.42. The molecule has 4 aromatic rings. The fourth-order valence-corrected chi connectivity index (χ4v) is 3.33. The van der Waals surface area contributed by atoms with E-state index in [0.717, 1.165) is 10.6 Å². The largest absolute Gasteiger partial charge is 0.427 e. The number of carbonyl (C=O) groups excluding carboxylic acids is 1. The Balaban J connectivity index is 1.75. The van der Waals surface area contributed by atoms with E-state index in [0.29, 0.717) is 28.0 Å². The molecule has 0 radical (unpaired) electrons. The second kappa shape index (κ2) is 6.53. The number of rotatable bonds is 3. The van der Waals surface area contributed by atoms with Gasteiger partial charge < -0.3 is 9.15 Å². The highest BCUT2D eigenvalue weighted by atomic mass is 32.1. The number of ether oxygens (including phenoxy) is 1. The van der Waals surface area contributed by atoms with Crippen LogP contribution in [0, 0.1) is 0 Å². The van der Waals surface area contributed by atoms with E-state index in [1.54, 1.807) is 30.6 Å². The van der Waals surface area contributed by atoms with Gasteiger partial charge in [0.1, 0.15) is 16.3 Å². The Bertz CT molecular complexity index is 1170. The summed E-state index contributed by atoms with van der Waals surface area (Å²) >= 11 is 1.43. The van der Waals surface area contributed by atoms with Crippen LogP contribution in [0.2, 0.25) is 0 Å². The van der Waals surface area contributed by atoms with Crippen molar-refractivity contribution in [1.82, 2.24) is 9.97 Å². The van der Waals surface area contributed by atoms with Gasteiger partial charge >= 0.3 is 11.6 Å². The Kier molecular flexibility index (Phi) is 4.06. The van der Waals surface area contributed by atoms with Crippen molar-refractivity contribution in [2.75, 3.05) is 0 Å². The third kappa shape index (κ3) is 3.12. The van der Waals surface area contributed by atoms with Crippen LogP contribution in [-0.2, 0) is 4.79 Å². The molecule has 0 aliphatic carbocycles. The lowest BCUT2D eigenvalue weighted by molar-refractivity contribution is -0.131. The van der Waals surface area contributed by atoms with Crippen LogP contribution in [0.5, 0.6) is 5.75 Å². The molecule has 0 saturated heterocycles. The van der Waals surface area contributed by atoms with Crippen LogP contribution in [0.1, 0.15) is 6.92 Å². The molecule has 0 aliphatic rings. The Morgan fingerprint density at radius 1 is 1.23 bits per heavy atom. The second-order valence-corrected chi connectivity index (χ2v) is 6.38. The van der Waals surface area contributed by atoms with E-state index in [1.165, 1.54) is 24.3 Å². The van der Waals surface area contributed by atoms with Crippen molar-refractivity contribution < 1.29 is 13.9 Å². The van der Waals surface area contributed by atoms with Gasteiger partial charge in [0.25, 0.3) is 0 Å². The quantitative estimate of drug-likeness (QED) is 0.311. The summed E-state index contributed by atoms with van der Waals surface area (Å²) in [5, 5.41) is 3.30. The molecule has 7 heteroatoms. The molecular weight excluding hydrogens is 352 g/mol. The number of nitrogens with zero attached hydrogens (tertiary/aromatic N) is 2. The molecule has 0 bridgehead atoms. The number of esters is 1. The lowest BCUT2D eigenvalue weighted by atomic mass is 10.1. The van der Waals surface area contributed by atoms with Gasteiger partial charge in [-0.2, -0.15) is 0 Å². The average molecular weight is 364 g/mol. The number of carbonyl (C=O) groups is 1. The molecule has 1 aromatic carbocycles. The fourth-order valence-electron chi connectivity index (χ4n) is 2.52. The van der Waals surface area contributed by atoms with E-state index in [-0.39, 0.29) is 0 Å². The molecule has 0 fully saturated rings. The first kappa shape index (κ1) is 16.2. The third-order valence-corrected chi connectivity index (χ3v) is 4.55. The van der Waals surface area contributed by atoms with Crippen LogP contribution in [-0.4, -0.2) is 15.9 Å². The topological polar surface area (TPSA) is 82.3 Å². The maximum atomic E-state index is 12.4. The minimum absolute atomic E-state index is 0.327. The monoisotopic (exact) mass is 364 g/mol. The smallest absolute Gasteiger partial charge is 0.345 e. The van der Waals surface area contributed by atoms with Crippen molar-refractivity contribution in [3.63, 3.8) is 0 Å². The van der Waals surface area contributed by atoms with Crippen LogP contribution in [0.15, 0.2) is 63.4 Å². The van der Waals surface area contributed by atoms with Crippen molar-refractivity contribution in [1.29, 1.82) is 0 Å². The summed E-state index contributed by atoms with van der Waals surface area (Å²) in [5.41, 5.74) is 1.67. The predicted octanol–water partition coefficient (Wildman–Crippen LogP) is 3.90. The van der Waals surface area contributed by atoms with Crippen molar-refractivity contribution in [3.8, 4) is 27.6 Å². The van der Waals surface area contributed by atoms with Gasteiger partial charge in [-0.1, -0.05) is 0 Å². The van der Waals surface area contributed by atoms with Crippen LogP contribution < -0.4 is 10.4 Å². The summed E-state index contributed by atoms with van der Waals surface area (Å²) in [4.78, 5) is 32.0. The first-order valence-electron chi connectivity index (χ1n) is 7.73. The Labute approximate surface area is 151 Å². The minimum Gasteiger partial charge on any atom is -0.427 e. The van der Waals surface area contributed by atoms with Gasteiger partial charge in [-0.15, -0.1) is 11.3 Å². The molecule has 0 N–H and O–H groups in total. The zero-order valence-electron chi connectivity index (χ0n) is 13.6. The van der Waals surface area contributed by atoms with Gasteiger partial charge in [0.05, 0.1) is 11.3 Å². The molecule has 3 aromatic heterocycles. The SMILES string of the molecule is CC(=O)Oc1ccc2cc(-c3csc(-c4cccnc4)n3)c(=O)oc2c1. The Hall–Kier alpha value is -3.32. The second-order valence-electron chi connectivity index (χ2n) is 5.52. The average Bonchev–Trinajstić information content (AvgIpc) is 3.11. The van der Waals surface area contributed by atoms with Gasteiger partial charge in [0.2, 0.25) is 0 Å². The van der Waals surface area contributed by atoms with Crippen LogP contribution in [0.3, 0.4) is 0 Å². The predicted molar refractivity (Wildman–Crippen MR) is 98.1 cm³/mol. The molecule has 0 amide bonds. The van der Waals surface area contributed by atoms with Gasteiger partial charge in [-0.05, 0) is 30.3 Å². The molecule has 0 unspecified atom stereocenters. The normalized spacial score (nSPS) is 10.8. The standard InChI is InChI=1S/C19H12N2O4S/c1-11(22)24-14-5-4-12-7-15(19(23)25-17(12)8-14)16-10-26-18(21-16)13-3-2-6-20-9-13/h2-10H,1H3. The Morgan fingerprint density at radius 3 is 2.88 bits per heavy atom. The van der Waals surface area contributed by atoms with Gasteiger partial charge in [-0.25, -0.2) is 9.78 Å².